The van der Waals surface area contributed by atoms with Crippen LogP contribution in [0.3, 0.4) is 0 Å². The summed E-state index contributed by atoms with van der Waals surface area (Å²) in [5.74, 6) is 0.574. The largest absolute Gasteiger partial charge is 0.381 e. The SMILES string of the molecule is CC(=O)N1CCC(N(CCNC(=O)c2c(C)noc2C)C2CCOCC2)CC1. The molecular weight excluding hydrogens is 360 g/mol. The molecule has 2 aliphatic heterocycles. The lowest BCUT2D eigenvalue weighted by Gasteiger charge is -2.43. The number of rotatable bonds is 6. The van der Waals surface area contributed by atoms with Crippen LogP contribution in [0.4, 0.5) is 0 Å². The quantitative estimate of drug-likeness (QED) is 0.790. The lowest BCUT2D eigenvalue weighted by atomic mass is 9.98. The molecule has 156 valence electrons. The molecule has 0 bridgehead atoms. The van der Waals surface area contributed by atoms with E-state index < -0.39 is 0 Å². The normalized spacial score (nSPS) is 19.2. The zero-order valence-corrected chi connectivity index (χ0v) is 17.2. The van der Waals surface area contributed by atoms with E-state index in [0.29, 0.717) is 35.6 Å². The summed E-state index contributed by atoms with van der Waals surface area (Å²) in [5.41, 5.74) is 1.15. The number of piperidine rings is 1. The van der Waals surface area contributed by atoms with Gasteiger partial charge < -0.3 is 19.5 Å². The highest BCUT2D eigenvalue weighted by Crippen LogP contribution is 2.23. The Balaban J connectivity index is 1.58. The second-order valence-electron chi connectivity index (χ2n) is 7.77. The van der Waals surface area contributed by atoms with E-state index in [1.807, 2.05) is 4.90 Å². The molecule has 3 rings (SSSR count). The van der Waals surface area contributed by atoms with Crippen LogP contribution in [0.5, 0.6) is 0 Å². The average Bonchev–Trinajstić information content (AvgIpc) is 3.04. The van der Waals surface area contributed by atoms with Crippen LogP contribution in [0, 0.1) is 13.8 Å². The topological polar surface area (TPSA) is 87.9 Å². The molecule has 1 N–H and O–H groups in total. The maximum absolute atomic E-state index is 12.5. The van der Waals surface area contributed by atoms with Crippen LogP contribution < -0.4 is 5.32 Å². The Morgan fingerprint density at radius 2 is 1.79 bits per heavy atom. The Labute approximate surface area is 166 Å². The van der Waals surface area contributed by atoms with Crippen LogP contribution in [0.15, 0.2) is 4.52 Å². The maximum Gasteiger partial charge on any atom is 0.256 e. The fraction of sp³-hybridized carbons (Fsp3) is 0.750. The van der Waals surface area contributed by atoms with Crippen molar-refractivity contribution in [1.82, 2.24) is 20.3 Å². The Morgan fingerprint density at radius 3 is 2.36 bits per heavy atom. The van der Waals surface area contributed by atoms with E-state index >= 15 is 0 Å². The van der Waals surface area contributed by atoms with Gasteiger partial charge in [0.1, 0.15) is 11.3 Å². The number of nitrogens with one attached hydrogen (secondary N) is 1. The zero-order chi connectivity index (χ0) is 20.1. The van der Waals surface area contributed by atoms with Crippen molar-refractivity contribution in [2.45, 2.75) is 58.5 Å². The number of nitrogens with zero attached hydrogens (tertiary/aromatic N) is 3. The Hall–Kier alpha value is -1.93. The van der Waals surface area contributed by atoms with Crippen LogP contribution in [0.25, 0.3) is 0 Å². The third-order valence-corrected chi connectivity index (χ3v) is 5.95. The van der Waals surface area contributed by atoms with Gasteiger partial charge >= 0.3 is 0 Å². The minimum absolute atomic E-state index is 0.130. The number of ether oxygens (including phenoxy) is 1. The molecule has 2 amide bonds. The third kappa shape index (κ3) is 4.91. The molecule has 0 spiro atoms. The lowest BCUT2D eigenvalue weighted by Crippen LogP contribution is -2.53. The molecule has 0 aliphatic carbocycles. The number of aromatic nitrogens is 1. The van der Waals surface area contributed by atoms with Gasteiger partial charge in [0.25, 0.3) is 5.91 Å². The standard InChI is InChI=1S/C20H32N4O4/c1-14-19(15(2)28-22-14)20(26)21-8-11-24(18-6-12-27-13-7-18)17-4-9-23(10-5-17)16(3)25/h17-18H,4-13H2,1-3H3,(H,21,26). The van der Waals surface area contributed by atoms with Gasteiger partial charge in [-0.2, -0.15) is 0 Å². The molecule has 3 heterocycles. The monoisotopic (exact) mass is 392 g/mol. The maximum atomic E-state index is 12.5. The van der Waals surface area contributed by atoms with Crippen LogP contribution in [0.2, 0.25) is 0 Å². The van der Waals surface area contributed by atoms with E-state index in [4.69, 9.17) is 9.26 Å². The molecule has 2 aliphatic rings. The van der Waals surface area contributed by atoms with Gasteiger partial charge in [-0.05, 0) is 39.5 Å². The summed E-state index contributed by atoms with van der Waals surface area (Å²) < 4.78 is 10.6. The van der Waals surface area contributed by atoms with Gasteiger partial charge in [0.2, 0.25) is 5.91 Å². The zero-order valence-electron chi connectivity index (χ0n) is 17.2. The van der Waals surface area contributed by atoms with E-state index in [0.717, 1.165) is 58.5 Å². The van der Waals surface area contributed by atoms with Gasteiger partial charge in [-0.1, -0.05) is 5.16 Å². The van der Waals surface area contributed by atoms with Gasteiger partial charge in [-0.15, -0.1) is 0 Å². The van der Waals surface area contributed by atoms with Crippen molar-refractivity contribution in [2.75, 3.05) is 39.4 Å². The molecule has 1 aromatic heterocycles. The molecule has 0 aromatic carbocycles. The molecule has 2 fully saturated rings. The molecule has 0 radical (unpaired) electrons. The number of amides is 2. The molecule has 2 saturated heterocycles. The highest BCUT2D eigenvalue weighted by Gasteiger charge is 2.31. The number of carbonyl (C=O) groups excluding carboxylic acids is 2. The van der Waals surface area contributed by atoms with Gasteiger partial charge in [0.05, 0.1) is 5.69 Å². The Kier molecular flexibility index (Phi) is 7.07. The summed E-state index contributed by atoms with van der Waals surface area (Å²) in [7, 11) is 0. The summed E-state index contributed by atoms with van der Waals surface area (Å²) in [4.78, 5) is 28.6. The smallest absolute Gasteiger partial charge is 0.256 e. The molecule has 0 saturated carbocycles. The van der Waals surface area contributed by atoms with E-state index in [1.165, 1.54) is 0 Å². The van der Waals surface area contributed by atoms with Crippen molar-refractivity contribution in [3.05, 3.63) is 17.0 Å². The Morgan fingerprint density at radius 1 is 1.14 bits per heavy atom. The van der Waals surface area contributed by atoms with Crippen molar-refractivity contribution >= 4 is 11.8 Å². The lowest BCUT2D eigenvalue weighted by molar-refractivity contribution is -0.130. The molecule has 8 heteroatoms. The van der Waals surface area contributed by atoms with Crippen LogP contribution >= 0.6 is 0 Å². The third-order valence-electron chi connectivity index (χ3n) is 5.95. The molecule has 0 atom stereocenters. The van der Waals surface area contributed by atoms with Crippen LogP contribution in [-0.2, 0) is 9.53 Å². The second-order valence-corrected chi connectivity index (χ2v) is 7.77. The number of likely N-dealkylation sites (tertiary alicyclic amines) is 1. The van der Waals surface area contributed by atoms with Gasteiger partial charge in [-0.3, -0.25) is 14.5 Å². The minimum atomic E-state index is -0.130. The Bertz CT molecular complexity index is 656. The summed E-state index contributed by atoms with van der Waals surface area (Å²) in [6, 6.07) is 0.910. The fourth-order valence-electron chi connectivity index (χ4n) is 4.39. The van der Waals surface area contributed by atoms with E-state index in [1.54, 1.807) is 20.8 Å². The summed E-state index contributed by atoms with van der Waals surface area (Å²) in [6.45, 7) is 9.75. The first-order chi connectivity index (χ1) is 13.5. The van der Waals surface area contributed by atoms with Crippen LogP contribution in [-0.4, -0.2) is 78.2 Å². The highest BCUT2D eigenvalue weighted by atomic mass is 16.5. The first-order valence-corrected chi connectivity index (χ1v) is 10.3. The summed E-state index contributed by atoms with van der Waals surface area (Å²) in [5, 5.41) is 6.88. The van der Waals surface area contributed by atoms with Crippen molar-refractivity contribution in [3.8, 4) is 0 Å². The van der Waals surface area contributed by atoms with Gasteiger partial charge in [-0.25, -0.2) is 0 Å². The van der Waals surface area contributed by atoms with E-state index in [-0.39, 0.29) is 11.8 Å². The molecular formula is C20H32N4O4. The number of hydrogen-bond donors (Lipinski definition) is 1. The van der Waals surface area contributed by atoms with Gasteiger partial charge in [0.15, 0.2) is 0 Å². The molecule has 1 aromatic rings. The first kappa shape index (κ1) is 20.8. The number of carbonyl (C=O) groups is 2. The first-order valence-electron chi connectivity index (χ1n) is 10.3. The summed E-state index contributed by atoms with van der Waals surface area (Å²) >= 11 is 0. The number of aryl methyl sites for hydroxylation is 2. The van der Waals surface area contributed by atoms with Crippen molar-refractivity contribution in [3.63, 3.8) is 0 Å². The molecule has 0 unspecified atom stereocenters. The van der Waals surface area contributed by atoms with Gasteiger partial charge in [0, 0.05) is 58.4 Å². The fourth-order valence-corrected chi connectivity index (χ4v) is 4.39. The average molecular weight is 393 g/mol. The van der Waals surface area contributed by atoms with Crippen molar-refractivity contribution in [1.29, 1.82) is 0 Å². The predicted molar refractivity (Wildman–Crippen MR) is 104 cm³/mol. The van der Waals surface area contributed by atoms with Crippen LogP contribution in [0.1, 0.15) is 54.4 Å². The molecule has 8 nitrogen and oxygen atoms in total. The molecule has 28 heavy (non-hydrogen) atoms. The number of hydrogen-bond acceptors (Lipinski definition) is 6. The predicted octanol–water partition coefficient (Wildman–Crippen LogP) is 1.51. The second kappa shape index (κ2) is 9.52. The van der Waals surface area contributed by atoms with Crippen molar-refractivity contribution in [2.24, 2.45) is 0 Å². The highest BCUT2D eigenvalue weighted by molar-refractivity contribution is 5.96. The van der Waals surface area contributed by atoms with E-state index in [2.05, 4.69) is 15.4 Å². The minimum Gasteiger partial charge on any atom is -0.381 e. The van der Waals surface area contributed by atoms with E-state index in [9.17, 15) is 9.59 Å². The van der Waals surface area contributed by atoms with Crippen molar-refractivity contribution < 1.29 is 18.8 Å². The summed E-state index contributed by atoms with van der Waals surface area (Å²) in [6.07, 6.45) is 4.00.